The van der Waals surface area contributed by atoms with Crippen LogP contribution in [0.3, 0.4) is 0 Å². The Morgan fingerprint density at radius 3 is 2.50 bits per heavy atom. The first-order valence-corrected chi connectivity index (χ1v) is 8.00. The number of benzene rings is 1. The summed E-state index contributed by atoms with van der Waals surface area (Å²) < 4.78 is 38.6. The zero-order chi connectivity index (χ0) is 15.5. The minimum Gasteiger partial charge on any atom is -0.314 e. The van der Waals surface area contributed by atoms with Gasteiger partial charge in [-0.1, -0.05) is 27.5 Å². The number of halogens is 6. The van der Waals surface area contributed by atoms with Gasteiger partial charge in [-0.05, 0) is 30.2 Å². The van der Waals surface area contributed by atoms with Gasteiger partial charge in [0.1, 0.15) is 0 Å². The van der Waals surface area contributed by atoms with Crippen LogP contribution in [0.25, 0.3) is 0 Å². The van der Waals surface area contributed by atoms with E-state index < -0.39 is 12.6 Å². The van der Waals surface area contributed by atoms with Crippen LogP contribution in [0.4, 0.5) is 13.2 Å². The maximum atomic E-state index is 12.6. The summed E-state index contributed by atoms with van der Waals surface area (Å²) in [4.78, 5) is 2.08. The van der Waals surface area contributed by atoms with Crippen LogP contribution in [0.2, 0.25) is 5.02 Å². The fourth-order valence-corrected chi connectivity index (χ4v) is 3.22. The van der Waals surface area contributed by atoms with Gasteiger partial charge in [-0.3, -0.25) is 4.90 Å². The molecule has 1 aromatic rings. The molecule has 0 aliphatic carbocycles. The molecule has 1 heterocycles. The molecule has 1 atom stereocenters. The van der Waals surface area contributed by atoms with Crippen LogP contribution in [0, 0.1) is 0 Å². The Bertz CT molecular complexity index is 480. The molecule has 0 aromatic heterocycles. The van der Waals surface area contributed by atoms with Crippen LogP contribution in [-0.4, -0.2) is 37.3 Å². The molecule has 0 bridgehead atoms. The molecule has 1 aromatic carbocycles. The number of alkyl halides is 3. The van der Waals surface area contributed by atoms with E-state index in [2.05, 4.69) is 26.1 Å². The summed E-state index contributed by atoms with van der Waals surface area (Å²) in [6, 6.07) is 5.04. The normalized spacial score (nSPS) is 17.9. The van der Waals surface area contributed by atoms with Gasteiger partial charge in [0.2, 0.25) is 0 Å². The van der Waals surface area contributed by atoms with Crippen LogP contribution in [0.15, 0.2) is 22.7 Å². The maximum absolute atomic E-state index is 12.6. The van der Waals surface area contributed by atoms with Crippen molar-refractivity contribution in [3.05, 3.63) is 33.3 Å². The molecule has 0 amide bonds. The second-order valence-electron chi connectivity index (χ2n) is 5.12. The number of piperazine rings is 1. The molecule has 8 heteroatoms. The number of hydrogen-bond acceptors (Lipinski definition) is 2. The second kappa shape index (κ2) is 8.73. The Labute approximate surface area is 147 Å². The van der Waals surface area contributed by atoms with Gasteiger partial charge in [-0.25, -0.2) is 0 Å². The van der Waals surface area contributed by atoms with E-state index in [4.69, 9.17) is 11.6 Å². The summed E-state index contributed by atoms with van der Waals surface area (Å²) >= 11 is 9.58. The molecule has 1 saturated heterocycles. The van der Waals surface area contributed by atoms with Crippen molar-refractivity contribution in [1.82, 2.24) is 10.2 Å². The lowest BCUT2D eigenvalue weighted by molar-refractivity contribution is -0.138. The Balaban J connectivity index is 0.00000242. The zero-order valence-corrected chi connectivity index (χ0v) is 15.0. The highest BCUT2D eigenvalue weighted by atomic mass is 79.9. The van der Waals surface area contributed by atoms with Gasteiger partial charge in [0.25, 0.3) is 0 Å². The standard InChI is InChI=1S/C14H17BrClF3N2.ClH/c15-10-1-2-12(16)11(9-10)13(3-4-14(17,18)19)21-7-5-20-6-8-21;/h1-2,9,13,20H,3-8H2;1H/t13-;/m1./s1. The molecule has 126 valence electrons. The van der Waals surface area contributed by atoms with Crippen molar-refractivity contribution in [2.75, 3.05) is 26.2 Å². The van der Waals surface area contributed by atoms with E-state index in [-0.39, 0.29) is 24.9 Å². The van der Waals surface area contributed by atoms with Crippen molar-refractivity contribution < 1.29 is 13.2 Å². The first kappa shape index (κ1) is 20.0. The molecule has 1 fully saturated rings. The van der Waals surface area contributed by atoms with Crippen molar-refractivity contribution in [3.63, 3.8) is 0 Å². The van der Waals surface area contributed by atoms with Gasteiger partial charge >= 0.3 is 6.18 Å². The third kappa shape index (κ3) is 5.89. The molecule has 0 unspecified atom stereocenters. The second-order valence-corrected chi connectivity index (χ2v) is 6.44. The number of rotatable bonds is 4. The van der Waals surface area contributed by atoms with Crippen LogP contribution in [0.5, 0.6) is 0 Å². The van der Waals surface area contributed by atoms with E-state index in [0.29, 0.717) is 5.02 Å². The highest BCUT2D eigenvalue weighted by molar-refractivity contribution is 9.10. The molecular formula is C14H18BrCl2F3N2. The number of nitrogens with zero attached hydrogens (tertiary/aromatic N) is 1. The summed E-state index contributed by atoms with van der Waals surface area (Å²) in [6.07, 6.45) is -4.92. The third-order valence-corrected chi connectivity index (χ3v) is 4.45. The summed E-state index contributed by atoms with van der Waals surface area (Å²) in [5, 5.41) is 3.73. The number of hydrogen-bond donors (Lipinski definition) is 1. The lowest BCUT2D eigenvalue weighted by Crippen LogP contribution is -2.45. The molecule has 0 spiro atoms. The van der Waals surface area contributed by atoms with Gasteiger partial charge in [0.05, 0.1) is 0 Å². The smallest absolute Gasteiger partial charge is 0.314 e. The van der Waals surface area contributed by atoms with E-state index in [9.17, 15) is 13.2 Å². The molecule has 1 aliphatic heterocycles. The molecule has 1 N–H and O–H groups in total. The van der Waals surface area contributed by atoms with E-state index >= 15 is 0 Å². The molecule has 22 heavy (non-hydrogen) atoms. The van der Waals surface area contributed by atoms with Crippen molar-refractivity contribution in [3.8, 4) is 0 Å². The van der Waals surface area contributed by atoms with Crippen LogP contribution in [0.1, 0.15) is 24.4 Å². The molecule has 1 aliphatic rings. The van der Waals surface area contributed by atoms with Crippen LogP contribution < -0.4 is 5.32 Å². The number of nitrogens with one attached hydrogen (secondary N) is 1. The first-order valence-electron chi connectivity index (χ1n) is 6.83. The summed E-state index contributed by atoms with van der Waals surface area (Å²) in [5.74, 6) is 0. The van der Waals surface area contributed by atoms with Gasteiger partial charge < -0.3 is 5.32 Å². The summed E-state index contributed by atoms with van der Waals surface area (Å²) in [6.45, 7) is 3.03. The molecular weight excluding hydrogens is 404 g/mol. The minimum atomic E-state index is -4.15. The quantitative estimate of drug-likeness (QED) is 0.750. The van der Waals surface area contributed by atoms with E-state index in [0.717, 1.165) is 36.2 Å². The fourth-order valence-electron chi connectivity index (χ4n) is 2.60. The van der Waals surface area contributed by atoms with Crippen LogP contribution in [-0.2, 0) is 0 Å². The van der Waals surface area contributed by atoms with E-state index in [1.54, 1.807) is 12.1 Å². The minimum absolute atomic E-state index is 0. The lowest BCUT2D eigenvalue weighted by atomic mass is 9.99. The average molecular weight is 422 g/mol. The highest BCUT2D eigenvalue weighted by Gasteiger charge is 2.32. The SMILES string of the molecule is Cl.FC(F)(F)CC[C@H](c1cc(Br)ccc1Cl)N1CCNCC1. The molecule has 0 radical (unpaired) electrons. The Morgan fingerprint density at radius 1 is 1.27 bits per heavy atom. The topological polar surface area (TPSA) is 15.3 Å². The van der Waals surface area contributed by atoms with Crippen LogP contribution >= 0.6 is 39.9 Å². The Kier molecular flexibility index (Phi) is 7.95. The molecule has 0 saturated carbocycles. The Hall–Kier alpha value is -0.0100. The zero-order valence-electron chi connectivity index (χ0n) is 11.8. The largest absolute Gasteiger partial charge is 0.389 e. The average Bonchev–Trinajstić information content (AvgIpc) is 2.43. The predicted molar refractivity (Wildman–Crippen MR) is 88.9 cm³/mol. The fraction of sp³-hybridized carbons (Fsp3) is 0.571. The monoisotopic (exact) mass is 420 g/mol. The predicted octanol–water partition coefficient (Wildman–Crippen LogP) is 4.81. The maximum Gasteiger partial charge on any atom is 0.389 e. The highest BCUT2D eigenvalue weighted by Crippen LogP contribution is 2.36. The molecule has 2 nitrogen and oxygen atoms in total. The summed E-state index contributed by atoms with van der Waals surface area (Å²) in [5.41, 5.74) is 0.761. The van der Waals surface area contributed by atoms with E-state index in [1.165, 1.54) is 0 Å². The lowest BCUT2D eigenvalue weighted by Gasteiger charge is -2.36. The van der Waals surface area contributed by atoms with Gasteiger partial charge in [-0.2, -0.15) is 13.2 Å². The van der Waals surface area contributed by atoms with Crippen molar-refractivity contribution in [1.29, 1.82) is 0 Å². The first-order chi connectivity index (χ1) is 9.87. The van der Waals surface area contributed by atoms with Gasteiger partial charge in [-0.15, -0.1) is 12.4 Å². The van der Waals surface area contributed by atoms with Gasteiger partial charge in [0, 0.05) is 48.1 Å². The third-order valence-electron chi connectivity index (χ3n) is 3.61. The van der Waals surface area contributed by atoms with Crippen molar-refractivity contribution >= 4 is 39.9 Å². The van der Waals surface area contributed by atoms with Gasteiger partial charge in [0.15, 0.2) is 0 Å². The van der Waals surface area contributed by atoms with Crippen molar-refractivity contribution in [2.24, 2.45) is 0 Å². The van der Waals surface area contributed by atoms with Crippen molar-refractivity contribution in [2.45, 2.75) is 25.1 Å². The Morgan fingerprint density at radius 2 is 1.91 bits per heavy atom. The molecule has 2 rings (SSSR count). The van der Waals surface area contributed by atoms with E-state index in [1.807, 2.05) is 6.07 Å². The summed E-state index contributed by atoms with van der Waals surface area (Å²) in [7, 11) is 0.